The molecule has 2 atom stereocenters. The van der Waals surface area contributed by atoms with Crippen molar-refractivity contribution in [1.29, 1.82) is 0 Å². The Morgan fingerprint density at radius 1 is 1.29 bits per heavy atom. The molecule has 0 aliphatic carbocycles. The molecule has 0 spiro atoms. The van der Waals surface area contributed by atoms with Gasteiger partial charge in [-0.25, -0.2) is 9.98 Å². The summed E-state index contributed by atoms with van der Waals surface area (Å²) in [4.78, 5) is 33.5. The van der Waals surface area contributed by atoms with Crippen LogP contribution in [0.2, 0.25) is 0 Å². The molecular formula is C24H25N3O4. The predicted molar refractivity (Wildman–Crippen MR) is 118 cm³/mol. The molecule has 2 aliphatic rings. The topological polar surface area (TPSA) is 89.9 Å². The van der Waals surface area contributed by atoms with Crippen molar-refractivity contribution >= 4 is 17.5 Å². The second-order valence-electron chi connectivity index (χ2n) is 7.98. The van der Waals surface area contributed by atoms with Crippen molar-refractivity contribution in [2.24, 2.45) is 10.9 Å². The average Bonchev–Trinajstić information content (AvgIpc) is 3.12. The highest BCUT2D eigenvalue weighted by molar-refractivity contribution is 6.06. The van der Waals surface area contributed by atoms with E-state index >= 15 is 0 Å². The van der Waals surface area contributed by atoms with Crippen LogP contribution in [-0.4, -0.2) is 42.3 Å². The number of hydrogen-bond acceptors (Lipinski definition) is 5. The number of aliphatic imine (C=N–C) groups is 1. The standard InChI is InChI=1S/C24H25N3O4/c1-13-7-14(2)27-24(29)20(13)12-26-23(28)18-9-17-8-15(3)31-22(17)19(10-18)16-5-6-21(30-4)25-11-16/h5-7,9-11,15,20H,8,12H2,1-4H3,(H,26,28). The summed E-state index contributed by atoms with van der Waals surface area (Å²) >= 11 is 0. The molecular weight excluding hydrogens is 394 g/mol. The van der Waals surface area contributed by atoms with E-state index in [1.54, 1.807) is 26.3 Å². The van der Waals surface area contributed by atoms with Crippen LogP contribution < -0.4 is 14.8 Å². The second-order valence-corrected chi connectivity index (χ2v) is 7.98. The quantitative estimate of drug-likeness (QED) is 0.803. The van der Waals surface area contributed by atoms with Crippen LogP contribution in [-0.2, 0) is 11.2 Å². The Hall–Kier alpha value is -3.48. The largest absolute Gasteiger partial charge is 0.489 e. The number of dihydropyridines is 1. The number of amides is 2. The molecule has 1 aromatic carbocycles. The van der Waals surface area contributed by atoms with E-state index in [1.807, 2.05) is 38.1 Å². The zero-order valence-electron chi connectivity index (χ0n) is 18.1. The molecule has 2 unspecified atom stereocenters. The molecule has 2 aromatic rings. The monoisotopic (exact) mass is 419 g/mol. The zero-order valence-corrected chi connectivity index (χ0v) is 18.1. The van der Waals surface area contributed by atoms with Crippen molar-refractivity contribution in [1.82, 2.24) is 10.3 Å². The fraction of sp³-hybridized carbons (Fsp3) is 0.333. The number of fused-ring (bicyclic) bond motifs is 1. The van der Waals surface area contributed by atoms with Crippen LogP contribution in [0.15, 0.2) is 47.1 Å². The number of pyridine rings is 1. The van der Waals surface area contributed by atoms with E-state index in [9.17, 15) is 9.59 Å². The first-order chi connectivity index (χ1) is 14.9. The number of carbonyl (C=O) groups is 2. The van der Waals surface area contributed by atoms with E-state index in [4.69, 9.17) is 9.47 Å². The Morgan fingerprint density at radius 2 is 2.10 bits per heavy atom. The lowest BCUT2D eigenvalue weighted by Gasteiger charge is -2.19. The number of benzene rings is 1. The third-order valence-electron chi connectivity index (χ3n) is 5.55. The summed E-state index contributed by atoms with van der Waals surface area (Å²) in [5, 5.41) is 2.90. The van der Waals surface area contributed by atoms with E-state index in [2.05, 4.69) is 15.3 Å². The van der Waals surface area contributed by atoms with Gasteiger partial charge < -0.3 is 14.8 Å². The normalized spacial score (nSPS) is 19.8. The van der Waals surface area contributed by atoms with Gasteiger partial charge >= 0.3 is 0 Å². The number of carbonyl (C=O) groups excluding carboxylic acids is 2. The third-order valence-corrected chi connectivity index (χ3v) is 5.55. The lowest BCUT2D eigenvalue weighted by molar-refractivity contribution is -0.120. The highest BCUT2D eigenvalue weighted by Gasteiger charge is 2.27. The van der Waals surface area contributed by atoms with Gasteiger partial charge in [0.05, 0.1) is 13.0 Å². The number of methoxy groups -OCH3 is 1. The maximum Gasteiger partial charge on any atom is 0.254 e. The zero-order chi connectivity index (χ0) is 22.1. The molecule has 2 amide bonds. The molecule has 7 heteroatoms. The van der Waals surface area contributed by atoms with Gasteiger partial charge in [-0.3, -0.25) is 9.59 Å². The fourth-order valence-electron chi connectivity index (χ4n) is 3.99. The average molecular weight is 419 g/mol. The van der Waals surface area contributed by atoms with Gasteiger partial charge in [-0.15, -0.1) is 0 Å². The molecule has 0 saturated heterocycles. The summed E-state index contributed by atoms with van der Waals surface area (Å²) in [6, 6.07) is 7.34. The van der Waals surface area contributed by atoms with Gasteiger partial charge in [-0.05, 0) is 50.6 Å². The van der Waals surface area contributed by atoms with Crippen LogP contribution in [0.1, 0.15) is 36.7 Å². The van der Waals surface area contributed by atoms with Crippen LogP contribution in [0.3, 0.4) is 0 Å². The maximum absolute atomic E-state index is 13.0. The minimum absolute atomic E-state index is 0.0343. The summed E-state index contributed by atoms with van der Waals surface area (Å²) in [7, 11) is 1.57. The predicted octanol–water partition coefficient (Wildman–Crippen LogP) is 3.37. The van der Waals surface area contributed by atoms with E-state index in [0.29, 0.717) is 17.2 Å². The minimum Gasteiger partial charge on any atom is -0.489 e. The molecule has 1 aromatic heterocycles. The molecule has 0 radical (unpaired) electrons. The molecule has 7 nitrogen and oxygen atoms in total. The molecule has 3 heterocycles. The molecule has 1 N–H and O–H groups in total. The van der Waals surface area contributed by atoms with Crippen LogP contribution in [0, 0.1) is 5.92 Å². The van der Waals surface area contributed by atoms with Gasteiger partial charge in [0, 0.05) is 47.6 Å². The summed E-state index contributed by atoms with van der Waals surface area (Å²) in [5.74, 6) is 0.399. The molecule has 0 fully saturated rings. The van der Waals surface area contributed by atoms with Gasteiger partial charge in [0.15, 0.2) is 0 Å². The summed E-state index contributed by atoms with van der Waals surface area (Å²) in [6.45, 7) is 5.89. The van der Waals surface area contributed by atoms with Gasteiger partial charge in [-0.1, -0.05) is 5.57 Å². The first-order valence-electron chi connectivity index (χ1n) is 10.2. The van der Waals surface area contributed by atoms with Crippen molar-refractivity contribution in [3.8, 4) is 22.8 Å². The van der Waals surface area contributed by atoms with Gasteiger partial charge in [0.2, 0.25) is 5.88 Å². The number of hydrogen-bond donors (Lipinski definition) is 1. The van der Waals surface area contributed by atoms with Crippen molar-refractivity contribution in [3.63, 3.8) is 0 Å². The number of rotatable bonds is 5. The van der Waals surface area contributed by atoms with E-state index in [-0.39, 0.29) is 24.5 Å². The number of aromatic nitrogens is 1. The van der Waals surface area contributed by atoms with E-state index < -0.39 is 5.92 Å². The number of ether oxygens (including phenoxy) is 2. The Kier molecular flexibility index (Phi) is 5.59. The Balaban J connectivity index is 1.60. The molecule has 31 heavy (non-hydrogen) atoms. The van der Waals surface area contributed by atoms with Gasteiger partial charge in [0.25, 0.3) is 11.8 Å². The first-order valence-corrected chi connectivity index (χ1v) is 10.2. The van der Waals surface area contributed by atoms with Crippen molar-refractivity contribution in [2.75, 3.05) is 13.7 Å². The van der Waals surface area contributed by atoms with E-state index in [1.165, 1.54) is 0 Å². The third kappa shape index (κ3) is 4.21. The van der Waals surface area contributed by atoms with Crippen LogP contribution in [0.25, 0.3) is 11.1 Å². The highest BCUT2D eigenvalue weighted by Crippen LogP contribution is 2.40. The van der Waals surface area contributed by atoms with Gasteiger partial charge in [0.1, 0.15) is 11.9 Å². The Morgan fingerprint density at radius 3 is 2.77 bits per heavy atom. The second kappa shape index (κ2) is 8.34. The maximum atomic E-state index is 13.0. The number of nitrogens with one attached hydrogen (secondary N) is 1. The van der Waals surface area contributed by atoms with Crippen molar-refractivity contribution in [3.05, 3.63) is 53.2 Å². The molecule has 0 bridgehead atoms. The number of nitrogens with zero attached hydrogens (tertiary/aromatic N) is 2. The Bertz CT molecular complexity index is 1100. The molecule has 160 valence electrons. The van der Waals surface area contributed by atoms with Gasteiger partial charge in [-0.2, -0.15) is 0 Å². The Labute approximate surface area is 181 Å². The van der Waals surface area contributed by atoms with E-state index in [0.717, 1.165) is 34.4 Å². The highest BCUT2D eigenvalue weighted by atomic mass is 16.5. The molecule has 0 saturated carbocycles. The molecule has 2 aliphatic heterocycles. The lowest BCUT2D eigenvalue weighted by Crippen LogP contribution is -2.34. The number of allylic oxidation sites excluding steroid dienone is 1. The van der Waals surface area contributed by atoms with Crippen LogP contribution in [0.4, 0.5) is 0 Å². The minimum atomic E-state index is -0.435. The van der Waals surface area contributed by atoms with Crippen LogP contribution in [0.5, 0.6) is 11.6 Å². The van der Waals surface area contributed by atoms with Crippen LogP contribution >= 0.6 is 0 Å². The van der Waals surface area contributed by atoms with Crippen molar-refractivity contribution < 1.29 is 19.1 Å². The smallest absolute Gasteiger partial charge is 0.254 e. The summed E-state index contributed by atoms with van der Waals surface area (Å²) in [5.41, 5.74) is 4.75. The lowest BCUT2D eigenvalue weighted by atomic mass is 9.95. The molecule has 4 rings (SSSR count). The van der Waals surface area contributed by atoms with Crippen molar-refractivity contribution in [2.45, 2.75) is 33.3 Å². The summed E-state index contributed by atoms with van der Waals surface area (Å²) < 4.78 is 11.2. The SMILES string of the molecule is COc1ccc(-c2cc(C(=O)NCC3C(=O)N=C(C)C=C3C)cc3c2OC(C)C3)cn1. The summed E-state index contributed by atoms with van der Waals surface area (Å²) in [6.07, 6.45) is 4.34. The fourth-order valence-corrected chi connectivity index (χ4v) is 3.99. The first kappa shape index (κ1) is 20.8.